The van der Waals surface area contributed by atoms with Crippen LogP contribution in [0.2, 0.25) is 0 Å². The van der Waals surface area contributed by atoms with Crippen LogP contribution in [0.25, 0.3) is 0 Å². The van der Waals surface area contributed by atoms with Gasteiger partial charge in [-0.25, -0.2) is 0 Å². The molecule has 1 fully saturated rings. The van der Waals surface area contributed by atoms with Gasteiger partial charge < -0.3 is 14.4 Å². The Morgan fingerprint density at radius 3 is 2.44 bits per heavy atom. The molecular weight excluding hydrogens is 442 g/mol. The van der Waals surface area contributed by atoms with E-state index in [4.69, 9.17) is 0 Å². The van der Waals surface area contributed by atoms with Gasteiger partial charge in [0, 0.05) is 50.9 Å². The third-order valence-electron chi connectivity index (χ3n) is 5.58. The van der Waals surface area contributed by atoms with E-state index in [2.05, 4.69) is 38.3 Å². The first-order valence-electron chi connectivity index (χ1n) is 10.7. The molecule has 1 aliphatic heterocycles. The van der Waals surface area contributed by atoms with Crippen LogP contribution in [0.4, 0.5) is 0 Å². The number of thioether (sulfide) groups is 1. The van der Waals surface area contributed by atoms with E-state index >= 15 is 0 Å². The van der Waals surface area contributed by atoms with Crippen LogP contribution in [0.5, 0.6) is 0 Å². The van der Waals surface area contributed by atoms with Crippen molar-refractivity contribution in [1.29, 1.82) is 0 Å². The van der Waals surface area contributed by atoms with Crippen molar-refractivity contribution in [3.05, 3.63) is 64.1 Å². The maximum Gasteiger partial charge on any atom is 0.233 e. The van der Waals surface area contributed by atoms with Crippen LogP contribution in [0, 0.1) is 0 Å². The fourth-order valence-corrected chi connectivity index (χ4v) is 5.31. The summed E-state index contributed by atoms with van der Waals surface area (Å²) in [6, 6.07) is 14.5. The Kier molecular flexibility index (Phi) is 7.59. The van der Waals surface area contributed by atoms with Gasteiger partial charge in [-0.1, -0.05) is 48.2 Å². The van der Waals surface area contributed by atoms with E-state index in [1.807, 2.05) is 29.2 Å². The van der Waals surface area contributed by atoms with Gasteiger partial charge in [0.2, 0.25) is 11.8 Å². The van der Waals surface area contributed by atoms with Gasteiger partial charge >= 0.3 is 0 Å². The largest absolute Gasteiger partial charge is 0.339 e. The lowest BCUT2D eigenvalue weighted by Crippen LogP contribution is -2.50. The Hall–Kier alpha value is -2.65. The van der Waals surface area contributed by atoms with Crippen LogP contribution in [-0.2, 0) is 29.0 Å². The molecule has 0 unspecified atom stereocenters. The molecule has 3 aromatic rings. The molecule has 7 nitrogen and oxygen atoms in total. The molecule has 2 amide bonds. The second-order valence-electron chi connectivity index (χ2n) is 7.72. The highest BCUT2D eigenvalue weighted by Crippen LogP contribution is 2.22. The molecule has 3 heterocycles. The standard InChI is InChI=1S/C23H27N5O2S2/c1-18(29)26-11-13-27(14-12-26)22(30)17-32-23-25-24-21(16-20-8-5-15-31-20)28(23)10-9-19-6-3-2-4-7-19/h2-8,15H,9-14,16-17H2,1H3. The van der Waals surface area contributed by atoms with Crippen LogP contribution in [0.1, 0.15) is 23.2 Å². The van der Waals surface area contributed by atoms with Crippen molar-refractivity contribution in [1.82, 2.24) is 24.6 Å². The first kappa shape index (κ1) is 22.5. The zero-order valence-corrected chi connectivity index (χ0v) is 19.8. The highest BCUT2D eigenvalue weighted by atomic mass is 32.2. The van der Waals surface area contributed by atoms with Gasteiger partial charge in [-0.05, 0) is 23.4 Å². The molecule has 1 aromatic carbocycles. The molecule has 4 rings (SSSR count). The van der Waals surface area contributed by atoms with Crippen LogP contribution >= 0.6 is 23.1 Å². The van der Waals surface area contributed by atoms with E-state index in [1.165, 1.54) is 22.2 Å². The summed E-state index contributed by atoms with van der Waals surface area (Å²) in [5, 5.41) is 11.7. The van der Waals surface area contributed by atoms with E-state index in [9.17, 15) is 9.59 Å². The number of hydrogen-bond donors (Lipinski definition) is 0. The summed E-state index contributed by atoms with van der Waals surface area (Å²) in [5.41, 5.74) is 1.26. The second kappa shape index (κ2) is 10.8. The highest BCUT2D eigenvalue weighted by molar-refractivity contribution is 7.99. The Balaban J connectivity index is 1.41. The molecule has 9 heteroatoms. The van der Waals surface area contributed by atoms with Crippen molar-refractivity contribution in [2.45, 2.75) is 31.5 Å². The number of carbonyl (C=O) groups is 2. The minimum Gasteiger partial charge on any atom is -0.339 e. The number of aryl methyl sites for hydroxylation is 1. The lowest BCUT2D eigenvalue weighted by Gasteiger charge is -2.34. The molecule has 0 radical (unpaired) electrons. The van der Waals surface area contributed by atoms with Crippen LogP contribution in [0.15, 0.2) is 53.0 Å². The summed E-state index contributed by atoms with van der Waals surface area (Å²) in [4.78, 5) is 29.1. The Morgan fingerprint density at radius 1 is 1.00 bits per heavy atom. The predicted molar refractivity (Wildman–Crippen MR) is 127 cm³/mol. The van der Waals surface area contributed by atoms with Crippen molar-refractivity contribution in [3.8, 4) is 0 Å². The van der Waals surface area contributed by atoms with Gasteiger partial charge in [-0.3, -0.25) is 9.59 Å². The highest BCUT2D eigenvalue weighted by Gasteiger charge is 2.23. The topological polar surface area (TPSA) is 71.3 Å². The van der Waals surface area contributed by atoms with Crippen molar-refractivity contribution in [2.75, 3.05) is 31.9 Å². The Labute approximate surface area is 196 Å². The molecule has 0 saturated carbocycles. The van der Waals surface area contributed by atoms with Gasteiger partial charge in [0.15, 0.2) is 5.16 Å². The summed E-state index contributed by atoms with van der Waals surface area (Å²) in [6.07, 6.45) is 1.62. The third-order valence-corrected chi connectivity index (χ3v) is 7.40. The lowest BCUT2D eigenvalue weighted by molar-refractivity contribution is -0.136. The number of hydrogen-bond acceptors (Lipinski definition) is 6. The molecule has 0 N–H and O–H groups in total. The average Bonchev–Trinajstić information content (AvgIpc) is 3.47. The summed E-state index contributed by atoms with van der Waals surface area (Å²) in [6.45, 7) is 4.72. The maximum atomic E-state index is 12.7. The lowest BCUT2D eigenvalue weighted by atomic mass is 10.1. The first-order valence-corrected chi connectivity index (χ1v) is 12.6. The fraction of sp³-hybridized carbons (Fsp3) is 0.391. The van der Waals surface area contributed by atoms with Crippen molar-refractivity contribution in [3.63, 3.8) is 0 Å². The van der Waals surface area contributed by atoms with E-state index in [1.54, 1.807) is 23.2 Å². The molecule has 168 valence electrons. The summed E-state index contributed by atoms with van der Waals surface area (Å²) in [7, 11) is 0. The van der Waals surface area contributed by atoms with Crippen molar-refractivity contribution < 1.29 is 9.59 Å². The van der Waals surface area contributed by atoms with E-state index < -0.39 is 0 Å². The predicted octanol–water partition coefficient (Wildman–Crippen LogP) is 2.96. The van der Waals surface area contributed by atoms with E-state index in [0.29, 0.717) is 31.9 Å². The van der Waals surface area contributed by atoms with E-state index in [-0.39, 0.29) is 11.8 Å². The molecule has 1 saturated heterocycles. The minimum absolute atomic E-state index is 0.0660. The number of amides is 2. The number of carbonyl (C=O) groups excluding carboxylic acids is 2. The third kappa shape index (κ3) is 5.77. The number of nitrogens with zero attached hydrogens (tertiary/aromatic N) is 5. The maximum absolute atomic E-state index is 12.7. The molecule has 0 atom stereocenters. The molecule has 2 aromatic heterocycles. The quantitative estimate of drug-likeness (QED) is 0.475. The minimum atomic E-state index is 0.0660. The zero-order valence-electron chi connectivity index (χ0n) is 18.1. The van der Waals surface area contributed by atoms with Crippen LogP contribution < -0.4 is 0 Å². The molecule has 0 bridgehead atoms. The normalized spacial score (nSPS) is 14.0. The second-order valence-corrected chi connectivity index (χ2v) is 9.69. The van der Waals surface area contributed by atoms with Crippen molar-refractivity contribution >= 4 is 34.9 Å². The van der Waals surface area contributed by atoms with Gasteiger partial charge in [0.1, 0.15) is 5.82 Å². The number of aromatic nitrogens is 3. The Bertz CT molecular complexity index is 1030. The smallest absolute Gasteiger partial charge is 0.233 e. The molecule has 0 spiro atoms. The number of rotatable bonds is 8. The van der Waals surface area contributed by atoms with Gasteiger partial charge in [0.25, 0.3) is 0 Å². The summed E-state index contributed by atoms with van der Waals surface area (Å²) < 4.78 is 2.15. The molecule has 0 aliphatic carbocycles. The van der Waals surface area contributed by atoms with E-state index in [0.717, 1.165) is 30.4 Å². The van der Waals surface area contributed by atoms with Gasteiger partial charge in [-0.15, -0.1) is 21.5 Å². The molecule has 32 heavy (non-hydrogen) atoms. The van der Waals surface area contributed by atoms with Crippen LogP contribution in [0.3, 0.4) is 0 Å². The zero-order chi connectivity index (χ0) is 22.3. The average molecular weight is 470 g/mol. The summed E-state index contributed by atoms with van der Waals surface area (Å²) >= 11 is 3.16. The van der Waals surface area contributed by atoms with Gasteiger partial charge in [0.05, 0.1) is 5.75 Å². The number of benzene rings is 1. The summed E-state index contributed by atoms with van der Waals surface area (Å²) in [5.74, 6) is 1.39. The monoisotopic (exact) mass is 469 g/mol. The van der Waals surface area contributed by atoms with Crippen molar-refractivity contribution in [2.24, 2.45) is 0 Å². The first-order chi connectivity index (χ1) is 15.6. The molecule has 1 aliphatic rings. The number of thiophene rings is 1. The van der Waals surface area contributed by atoms with Gasteiger partial charge in [-0.2, -0.15) is 0 Å². The number of piperazine rings is 1. The van der Waals surface area contributed by atoms with Crippen LogP contribution in [-0.4, -0.2) is 68.3 Å². The molecular formula is C23H27N5O2S2. The SMILES string of the molecule is CC(=O)N1CCN(C(=O)CSc2nnc(Cc3cccs3)n2CCc2ccccc2)CC1. The Morgan fingerprint density at radius 2 is 1.75 bits per heavy atom. The fourth-order valence-electron chi connectivity index (χ4n) is 3.72.